The van der Waals surface area contributed by atoms with Crippen LogP contribution in [0.3, 0.4) is 0 Å². The minimum atomic E-state index is -0.305. The fourth-order valence-corrected chi connectivity index (χ4v) is 3.03. The van der Waals surface area contributed by atoms with E-state index in [4.69, 9.17) is 4.74 Å². The fraction of sp³-hybridized carbons (Fsp3) is 0.278. The molecule has 4 nitrogen and oxygen atoms in total. The highest BCUT2D eigenvalue weighted by Gasteiger charge is 2.16. The molecule has 2 aromatic carbocycles. The van der Waals surface area contributed by atoms with E-state index >= 15 is 0 Å². The van der Waals surface area contributed by atoms with Gasteiger partial charge in [-0.05, 0) is 35.9 Å². The van der Waals surface area contributed by atoms with E-state index < -0.39 is 0 Å². The molecule has 2 aromatic rings. The molecular weight excluding hydrogens is 375 g/mol. The highest BCUT2D eigenvalue weighted by Crippen LogP contribution is 2.30. The molecule has 24 heavy (non-hydrogen) atoms. The van der Waals surface area contributed by atoms with Crippen molar-refractivity contribution in [2.75, 3.05) is 36.5 Å². The lowest BCUT2D eigenvalue weighted by Crippen LogP contribution is -2.36. The number of amides is 1. The quantitative estimate of drug-likeness (QED) is 0.863. The fourth-order valence-electron chi connectivity index (χ4n) is 2.67. The lowest BCUT2D eigenvalue weighted by molar-refractivity contribution is -0.115. The minimum Gasteiger partial charge on any atom is -0.378 e. The summed E-state index contributed by atoms with van der Waals surface area (Å²) in [5.41, 5.74) is 2.52. The first-order chi connectivity index (χ1) is 11.6. The summed E-state index contributed by atoms with van der Waals surface area (Å²) in [6, 6.07) is 11.8. The zero-order valence-electron chi connectivity index (χ0n) is 13.1. The average Bonchev–Trinajstić information content (AvgIpc) is 2.58. The number of nitrogens with one attached hydrogen (secondary N) is 1. The largest absolute Gasteiger partial charge is 0.378 e. The van der Waals surface area contributed by atoms with Crippen LogP contribution >= 0.6 is 15.9 Å². The Bertz CT molecular complexity index is 715. The molecule has 1 aliphatic rings. The topological polar surface area (TPSA) is 41.6 Å². The second kappa shape index (κ2) is 7.77. The molecule has 0 radical (unpaired) electrons. The number of carbonyl (C=O) groups excluding carboxylic acids is 1. The third-order valence-electron chi connectivity index (χ3n) is 3.86. The van der Waals surface area contributed by atoms with Gasteiger partial charge in [-0.1, -0.05) is 28.1 Å². The Hall–Kier alpha value is -1.92. The van der Waals surface area contributed by atoms with Gasteiger partial charge in [0.05, 0.1) is 31.0 Å². The van der Waals surface area contributed by atoms with Crippen molar-refractivity contribution in [3.63, 3.8) is 0 Å². The minimum absolute atomic E-state index is 0.130. The van der Waals surface area contributed by atoms with Gasteiger partial charge in [-0.25, -0.2) is 4.39 Å². The maximum Gasteiger partial charge on any atom is 0.228 e. The summed E-state index contributed by atoms with van der Waals surface area (Å²) in [7, 11) is 0. The summed E-state index contributed by atoms with van der Waals surface area (Å²) < 4.78 is 19.2. The molecule has 0 aromatic heterocycles. The number of halogens is 2. The first-order valence-corrected chi connectivity index (χ1v) is 8.58. The Morgan fingerprint density at radius 1 is 1.17 bits per heavy atom. The molecular formula is C18H18BrFN2O2. The van der Waals surface area contributed by atoms with E-state index in [2.05, 4.69) is 26.1 Å². The average molecular weight is 393 g/mol. The molecule has 3 rings (SSSR count). The second-order valence-corrected chi connectivity index (χ2v) is 6.53. The predicted octanol–water partition coefficient (Wildman–Crippen LogP) is 3.61. The van der Waals surface area contributed by atoms with E-state index in [0.717, 1.165) is 34.5 Å². The normalized spacial score (nSPS) is 14.5. The van der Waals surface area contributed by atoms with Gasteiger partial charge in [0.1, 0.15) is 5.82 Å². The number of nitrogens with zero attached hydrogens (tertiary/aromatic N) is 1. The van der Waals surface area contributed by atoms with Crippen molar-refractivity contribution >= 4 is 33.2 Å². The summed E-state index contributed by atoms with van der Waals surface area (Å²) in [4.78, 5) is 14.5. The van der Waals surface area contributed by atoms with Gasteiger partial charge in [-0.3, -0.25) is 4.79 Å². The lowest BCUT2D eigenvalue weighted by Gasteiger charge is -2.30. The SMILES string of the molecule is O=C(Cc1ccc(F)cc1)Nc1cc(Br)ccc1N1CCOCC1. The third kappa shape index (κ3) is 4.33. The van der Waals surface area contributed by atoms with Crippen LogP contribution in [0, 0.1) is 5.82 Å². The Kier molecular flexibility index (Phi) is 5.48. The Labute approximate surface area is 148 Å². The maximum atomic E-state index is 13.0. The van der Waals surface area contributed by atoms with Crippen LogP contribution in [0.5, 0.6) is 0 Å². The van der Waals surface area contributed by atoms with Crippen LogP contribution in [0.2, 0.25) is 0 Å². The van der Waals surface area contributed by atoms with E-state index in [-0.39, 0.29) is 18.1 Å². The molecule has 1 saturated heterocycles. The van der Waals surface area contributed by atoms with Crippen LogP contribution in [-0.2, 0) is 16.0 Å². The van der Waals surface area contributed by atoms with E-state index in [1.165, 1.54) is 12.1 Å². The van der Waals surface area contributed by atoms with Crippen molar-refractivity contribution in [1.82, 2.24) is 0 Å². The molecule has 0 atom stereocenters. The van der Waals surface area contributed by atoms with Crippen molar-refractivity contribution in [3.05, 3.63) is 58.3 Å². The van der Waals surface area contributed by atoms with Crippen LogP contribution < -0.4 is 10.2 Å². The number of anilines is 2. The Morgan fingerprint density at radius 2 is 1.88 bits per heavy atom. The lowest BCUT2D eigenvalue weighted by atomic mass is 10.1. The molecule has 1 N–H and O–H groups in total. The van der Waals surface area contributed by atoms with Gasteiger partial charge in [0.25, 0.3) is 0 Å². The van der Waals surface area contributed by atoms with E-state index in [9.17, 15) is 9.18 Å². The van der Waals surface area contributed by atoms with Crippen molar-refractivity contribution in [2.45, 2.75) is 6.42 Å². The summed E-state index contributed by atoms with van der Waals surface area (Å²) in [5.74, 6) is -0.435. The van der Waals surface area contributed by atoms with Crippen LogP contribution in [-0.4, -0.2) is 32.2 Å². The number of benzene rings is 2. The van der Waals surface area contributed by atoms with Crippen LogP contribution in [0.15, 0.2) is 46.9 Å². The number of rotatable bonds is 4. The van der Waals surface area contributed by atoms with Gasteiger partial charge in [0.2, 0.25) is 5.91 Å². The first kappa shape index (κ1) is 16.9. The summed E-state index contributed by atoms with van der Waals surface area (Å²) >= 11 is 3.45. The summed E-state index contributed by atoms with van der Waals surface area (Å²) in [6.07, 6.45) is 0.204. The number of morpholine rings is 1. The monoisotopic (exact) mass is 392 g/mol. The molecule has 1 aliphatic heterocycles. The van der Waals surface area contributed by atoms with E-state index in [1.54, 1.807) is 12.1 Å². The van der Waals surface area contributed by atoms with Gasteiger partial charge in [0, 0.05) is 17.6 Å². The van der Waals surface area contributed by atoms with E-state index in [1.807, 2.05) is 18.2 Å². The third-order valence-corrected chi connectivity index (χ3v) is 4.36. The van der Waals surface area contributed by atoms with Crippen molar-refractivity contribution in [2.24, 2.45) is 0 Å². The standard InChI is InChI=1S/C18H18BrFN2O2/c19-14-3-6-17(22-7-9-24-10-8-22)16(12-14)21-18(23)11-13-1-4-15(20)5-2-13/h1-6,12H,7-11H2,(H,21,23). The molecule has 0 aliphatic carbocycles. The highest BCUT2D eigenvalue weighted by molar-refractivity contribution is 9.10. The molecule has 1 amide bonds. The molecule has 0 unspecified atom stereocenters. The summed E-state index contributed by atoms with van der Waals surface area (Å²) in [5, 5.41) is 2.97. The Morgan fingerprint density at radius 3 is 2.58 bits per heavy atom. The molecule has 0 spiro atoms. The molecule has 6 heteroatoms. The predicted molar refractivity (Wildman–Crippen MR) is 95.9 cm³/mol. The Balaban J connectivity index is 1.74. The number of hydrogen-bond donors (Lipinski definition) is 1. The number of carbonyl (C=O) groups is 1. The first-order valence-electron chi connectivity index (χ1n) is 7.78. The molecule has 126 valence electrons. The van der Waals surface area contributed by atoms with Crippen molar-refractivity contribution in [1.29, 1.82) is 0 Å². The smallest absolute Gasteiger partial charge is 0.228 e. The van der Waals surface area contributed by atoms with Crippen LogP contribution in [0.1, 0.15) is 5.56 Å². The highest BCUT2D eigenvalue weighted by atomic mass is 79.9. The second-order valence-electron chi connectivity index (χ2n) is 5.61. The van der Waals surface area contributed by atoms with Crippen molar-refractivity contribution < 1.29 is 13.9 Å². The molecule has 0 bridgehead atoms. The number of ether oxygens (including phenoxy) is 1. The van der Waals surface area contributed by atoms with E-state index in [0.29, 0.717) is 13.2 Å². The van der Waals surface area contributed by atoms with Crippen LogP contribution in [0.25, 0.3) is 0 Å². The number of hydrogen-bond acceptors (Lipinski definition) is 3. The van der Waals surface area contributed by atoms with Gasteiger partial charge in [-0.2, -0.15) is 0 Å². The van der Waals surface area contributed by atoms with Crippen LogP contribution in [0.4, 0.5) is 15.8 Å². The van der Waals surface area contributed by atoms with Gasteiger partial charge in [0.15, 0.2) is 0 Å². The zero-order chi connectivity index (χ0) is 16.9. The molecule has 0 saturated carbocycles. The summed E-state index contributed by atoms with van der Waals surface area (Å²) in [6.45, 7) is 2.95. The van der Waals surface area contributed by atoms with Crippen molar-refractivity contribution in [3.8, 4) is 0 Å². The molecule has 1 fully saturated rings. The van der Waals surface area contributed by atoms with Gasteiger partial charge >= 0.3 is 0 Å². The molecule has 1 heterocycles. The van der Waals surface area contributed by atoms with Gasteiger partial charge in [-0.15, -0.1) is 0 Å². The van der Waals surface area contributed by atoms with Gasteiger partial charge < -0.3 is 15.0 Å². The zero-order valence-corrected chi connectivity index (χ0v) is 14.7. The maximum absolute atomic E-state index is 13.0.